The molecule has 2 N–H and O–H groups in total. The highest BCUT2D eigenvalue weighted by molar-refractivity contribution is 5.90. The summed E-state index contributed by atoms with van der Waals surface area (Å²) in [6.07, 6.45) is 1.61. The fourth-order valence-electron chi connectivity index (χ4n) is 2.92. The van der Waals surface area contributed by atoms with E-state index in [-0.39, 0.29) is 30.8 Å². The first-order valence-corrected chi connectivity index (χ1v) is 8.75. The third-order valence-corrected chi connectivity index (χ3v) is 4.31. The number of aliphatic hydroxyl groups excluding tert-OH is 1. The fourth-order valence-corrected chi connectivity index (χ4v) is 2.92. The summed E-state index contributed by atoms with van der Waals surface area (Å²) in [5, 5.41) is 23.2. The number of aliphatic hydroxyl groups is 1. The van der Waals surface area contributed by atoms with Crippen LogP contribution in [0.2, 0.25) is 0 Å². The van der Waals surface area contributed by atoms with E-state index in [9.17, 15) is 9.65 Å². The molecule has 0 saturated heterocycles. The minimum atomic E-state index is -0.379. The maximum atomic E-state index is 13.6. The Kier molecular flexibility index (Phi) is 6.37. The van der Waals surface area contributed by atoms with Crippen LogP contribution < -0.4 is 14.8 Å². The summed E-state index contributed by atoms with van der Waals surface area (Å²) in [7, 11) is 1.56. The molecule has 28 heavy (non-hydrogen) atoms. The summed E-state index contributed by atoms with van der Waals surface area (Å²) >= 11 is 0. The summed E-state index contributed by atoms with van der Waals surface area (Å²) < 4.78 is 24.9. The molecule has 2 aromatic carbocycles. The third-order valence-electron chi connectivity index (χ3n) is 4.31. The van der Waals surface area contributed by atoms with Crippen molar-refractivity contribution in [3.05, 3.63) is 65.7 Å². The Morgan fingerprint density at radius 2 is 2.14 bits per heavy atom. The molecule has 0 aliphatic carbocycles. The number of nitrogens with zero attached hydrogens (tertiary/aromatic N) is 2. The molecule has 0 aliphatic heterocycles. The number of ether oxygens (including phenoxy) is 2. The summed E-state index contributed by atoms with van der Waals surface area (Å²) in [6.45, 7) is 0.371. The maximum Gasteiger partial charge on any atom is 0.183 e. The Labute approximate surface area is 162 Å². The maximum absolute atomic E-state index is 13.6. The van der Waals surface area contributed by atoms with E-state index in [0.29, 0.717) is 29.0 Å². The molecule has 1 heterocycles. The van der Waals surface area contributed by atoms with Crippen molar-refractivity contribution in [1.82, 2.24) is 10.3 Å². The summed E-state index contributed by atoms with van der Waals surface area (Å²) in [6, 6.07) is 13.3. The van der Waals surface area contributed by atoms with E-state index in [0.717, 1.165) is 5.39 Å². The van der Waals surface area contributed by atoms with Crippen LogP contribution in [0.4, 0.5) is 4.39 Å². The molecule has 7 heteroatoms. The Morgan fingerprint density at radius 1 is 1.29 bits per heavy atom. The van der Waals surface area contributed by atoms with Gasteiger partial charge >= 0.3 is 0 Å². The molecule has 3 aromatic rings. The number of hydrogen-bond acceptors (Lipinski definition) is 6. The number of rotatable bonds is 8. The Hall–Kier alpha value is -3.21. The van der Waals surface area contributed by atoms with E-state index in [1.165, 1.54) is 12.1 Å². The number of pyridine rings is 1. The smallest absolute Gasteiger partial charge is 0.183 e. The van der Waals surface area contributed by atoms with E-state index < -0.39 is 0 Å². The van der Waals surface area contributed by atoms with Gasteiger partial charge in [-0.15, -0.1) is 0 Å². The second-order valence-corrected chi connectivity index (χ2v) is 6.10. The molecule has 3 rings (SSSR count). The molecule has 1 atom stereocenters. The van der Waals surface area contributed by atoms with Crippen molar-refractivity contribution in [3.8, 4) is 17.6 Å². The van der Waals surface area contributed by atoms with Gasteiger partial charge < -0.3 is 19.9 Å². The van der Waals surface area contributed by atoms with Crippen LogP contribution in [0.1, 0.15) is 17.3 Å². The third kappa shape index (κ3) is 4.36. The van der Waals surface area contributed by atoms with Crippen LogP contribution in [0.5, 0.6) is 11.5 Å². The molecule has 0 radical (unpaired) electrons. The molecular formula is C21H20FN3O3. The zero-order valence-electron chi connectivity index (χ0n) is 15.4. The molecule has 1 unspecified atom stereocenters. The largest absolute Gasteiger partial charge is 0.497 e. The number of aromatic nitrogens is 1. The van der Waals surface area contributed by atoms with Crippen LogP contribution in [0.25, 0.3) is 10.8 Å². The monoisotopic (exact) mass is 381 g/mol. The van der Waals surface area contributed by atoms with Gasteiger partial charge in [0, 0.05) is 23.5 Å². The van der Waals surface area contributed by atoms with Crippen molar-refractivity contribution in [2.45, 2.75) is 6.04 Å². The zero-order chi connectivity index (χ0) is 19.9. The van der Waals surface area contributed by atoms with Crippen LogP contribution in [-0.2, 0) is 0 Å². The average Bonchev–Trinajstić information content (AvgIpc) is 2.73. The number of nitriles is 1. The molecule has 0 fully saturated rings. The van der Waals surface area contributed by atoms with Gasteiger partial charge in [0.25, 0.3) is 0 Å². The van der Waals surface area contributed by atoms with Gasteiger partial charge in [0.1, 0.15) is 24.2 Å². The van der Waals surface area contributed by atoms with Gasteiger partial charge in [-0.25, -0.2) is 9.37 Å². The van der Waals surface area contributed by atoms with Gasteiger partial charge in [-0.1, -0.05) is 12.1 Å². The van der Waals surface area contributed by atoms with Crippen molar-refractivity contribution >= 4 is 10.8 Å². The minimum Gasteiger partial charge on any atom is -0.497 e. The molecule has 0 amide bonds. The average molecular weight is 381 g/mol. The van der Waals surface area contributed by atoms with Crippen LogP contribution in [0.3, 0.4) is 0 Å². The second kappa shape index (κ2) is 9.13. The molecule has 0 bridgehead atoms. The van der Waals surface area contributed by atoms with Gasteiger partial charge in [0.05, 0.1) is 19.8 Å². The van der Waals surface area contributed by atoms with Crippen LogP contribution in [0.15, 0.2) is 48.7 Å². The number of halogens is 1. The number of fused-ring (bicyclic) bond motifs is 1. The van der Waals surface area contributed by atoms with Crippen molar-refractivity contribution in [2.24, 2.45) is 0 Å². The summed E-state index contributed by atoms with van der Waals surface area (Å²) in [4.78, 5) is 4.16. The van der Waals surface area contributed by atoms with Gasteiger partial charge in [0.2, 0.25) is 0 Å². The van der Waals surface area contributed by atoms with Gasteiger partial charge in [0.15, 0.2) is 11.4 Å². The molecular weight excluding hydrogens is 361 g/mol. The minimum absolute atomic E-state index is 0.0672. The lowest BCUT2D eigenvalue weighted by Crippen LogP contribution is -2.29. The van der Waals surface area contributed by atoms with Crippen molar-refractivity contribution in [2.75, 3.05) is 26.9 Å². The lowest BCUT2D eigenvalue weighted by molar-refractivity contribution is 0.242. The Morgan fingerprint density at radius 3 is 2.86 bits per heavy atom. The zero-order valence-corrected chi connectivity index (χ0v) is 15.4. The van der Waals surface area contributed by atoms with Crippen molar-refractivity contribution < 1.29 is 19.0 Å². The van der Waals surface area contributed by atoms with Crippen molar-refractivity contribution in [1.29, 1.82) is 5.26 Å². The van der Waals surface area contributed by atoms with E-state index >= 15 is 0 Å². The van der Waals surface area contributed by atoms with E-state index in [4.69, 9.17) is 14.6 Å². The predicted octanol–water partition coefficient (Wildman–Crippen LogP) is 2.96. The lowest BCUT2D eigenvalue weighted by atomic mass is 10.1. The topological polar surface area (TPSA) is 87.4 Å². The lowest BCUT2D eigenvalue weighted by Gasteiger charge is -2.20. The van der Waals surface area contributed by atoms with E-state index in [1.807, 2.05) is 12.1 Å². The number of methoxy groups -OCH3 is 1. The second-order valence-electron chi connectivity index (χ2n) is 6.10. The van der Waals surface area contributed by atoms with Gasteiger partial charge in [-0.2, -0.15) is 5.26 Å². The fraction of sp³-hybridized carbons (Fsp3) is 0.238. The Balaban J connectivity index is 1.94. The highest BCUT2D eigenvalue weighted by Crippen LogP contribution is 2.31. The molecule has 1 aromatic heterocycles. The molecule has 0 aliphatic rings. The normalized spacial score (nSPS) is 11.8. The first kappa shape index (κ1) is 19.5. The highest BCUT2D eigenvalue weighted by Gasteiger charge is 2.17. The van der Waals surface area contributed by atoms with Crippen LogP contribution >= 0.6 is 0 Å². The van der Waals surface area contributed by atoms with E-state index in [1.54, 1.807) is 37.6 Å². The molecule has 0 spiro atoms. The number of hydrogen-bond donors (Lipinski definition) is 2. The Bertz CT molecular complexity index is 1000. The summed E-state index contributed by atoms with van der Waals surface area (Å²) in [5.41, 5.74) is 0.832. The predicted molar refractivity (Wildman–Crippen MR) is 103 cm³/mol. The first-order valence-electron chi connectivity index (χ1n) is 8.75. The molecule has 144 valence electrons. The molecule has 0 saturated carbocycles. The quantitative estimate of drug-likeness (QED) is 0.624. The molecule has 6 nitrogen and oxygen atoms in total. The van der Waals surface area contributed by atoms with Crippen LogP contribution in [-0.4, -0.2) is 37.0 Å². The SMILES string of the molecule is COc1ccc2cnc(C#N)c(OCC(NCCO)c3cccc(F)c3)c2c1. The highest BCUT2D eigenvalue weighted by atomic mass is 19.1. The van der Waals surface area contributed by atoms with Crippen molar-refractivity contribution in [3.63, 3.8) is 0 Å². The van der Waals surface area contributed by atoms with Crippen LogP contribution in [0, 0.1) is 17.1 Å². The standard InChI is InChI=1S/C21H20FN3O3/c1-27-17-6-5-15-12-25-19(11-23)21(18(15)10-17)28-13-20(24-7-8-26)14-3-2-4-16(22)9-14/h2-6,9-10,12,20,24,26H,7-8,13H2,1H3. The number of nitrogens with one attached hydrogen (secondary N) is 1. The van der Waals surface area contributed by atoms with E-state index in [2.05, 4.69) is 10.3 Å². The van der Waals surface area contributed by atoms with Gasteiger partial charge in [-0.3, -0.25) is 0 Å². The van der Waals surface area contributed by atoms with Gasteiger partial charge in [-0.05, 0) is 35.9 Å². The summed E-state index contributed by atoms with van der Waals surface area (Å²) in [5.74, 6) is 0.612. The number of benzene rings is 2. The first-order chi connectivity index (χ1) is 13.7.